The fourth-order valence-corrected chi connectivity index (χ4v) is 3.44. The number of ether oxygens (including phenoxy) is 1. The molecule has 0 spiro atoms. The number of anilines is 1. The molecule has 4 atom stereocenters. The van der Waals surface area contributed by atoms with Crippen molar-refractivity contribution in [3.05, 3.63) is 47.5 Å². The predicted molar refractivity (Wildman–Crippen MR) is 102 cm³/mol. The van der Waals surface area contributed by atoms with Crippen molar-refractivity contribution in [3.63, 3.8) is 0 Å². The van der Waals surface area contributed by atoms with E-state index in [-0.39, 0.29) is 5.28 Å². The lowest BCUT2D eigenvalue weighted by molar-refractivity contribution is -0.0511. The van der Waals surface area contributed by atoms with Crippen LogP contribution in [0.15, 0.2) is 36.7 Å². The smallest absolute Gasteiger partial charge is 0.226 e. The summed E-state index contributed by atoms with van der Waals surface area (Å²) in [6, 6.07) is 10.0. The second-order valence-electron chi connectivity index (χ2n) is 6.56. The van der Waals surface area contributed by atoms with E-state index in [1.807, 2.05) is 30.3 Å². The predicted octanol–water partition coefficient (Wildman–Crippen LogP) is 0.746. The van der Waals surface area contributed by atoms with E-state index < -0.39 is 31.1 Å². The van der Waals surface area contributed by atoms with Gasteiger partial charge in [-0.3, -0.25) is 4.57 Å². The highest BCUT2D eigenvalue weighted by Crippen LogP contribution is 2.32. The summed E-state index contributed by atoms with van der Waals surface area (Å²) in [6.45, 7) is 0.205. The van der Waals surface area contributed by atoms with E-state index in [0.29, 0.717) is 23.5 Å². The molecule has 1 aromatic carbocycles. The summed E-state index contributed by atoms with van der Waals surface area (Å²) in [5.41, 5.74) is 2.01. The Morgan fingerprint density at radius 1 is 1.14 bits per heavy atom. The van der Waals surface area contributed by atoms with Gasteiger partial charge in [-0.15, -0.1) is 0 Å². The van der Waals surface area contributed by atoms with E-state index in [0.717, 1.165) is 6.42 Å². The lowest BCUT2D eigenvalue weighted by atomic mass is 10.1. The summed E-state index contributed by atoms with van der Waals surface area (Å²) < 4.78 is 7.04. The fraction of sp³-hybridized carbons (Fsp3) is 0.389. The number of rotatable bonds is 6. The van der Waals surface area contributed by atoms with E-state index in [4.69, 9.17) is 16.3 Å². The summed E-state index contributed by atoms with van der Waals surface area (Å²) in [4.78, 5) is 12.7. The lowest BCUT2D eigenvalue weighted by Crippen LogP contribution is -2.33. The number of benzene rings is 1. The number of nitrogens with one attached hydrogen (secondary N) is 1. The van der Waals surface area contributed by atoms with E-state index in [1.165, 1.54) is 16.5 Å². The van der Waals surface area contributed by atoms with Gasteiger partial charge in [0.05, 0.1) is 12.9 Å². The van der Waals surface area contributed by atoms with Crippen LogP contribution < -0.4 is 5.32 Å². The highest BCUT2D eigenvalue weighted by Gasteiger charge is 2.44. The maximum Gasteiger partial charge on any atom is 0.226 e. The minimum Gasteiger partial charge on any atom is -0.394 e. The van der Waals surface area contributed by atoms with Crippen LogP contribution in [0.2, 0.25) is 5.28 Å². The second kappa shape index (κ2) is 7.98. The number of hydrogen-bond acceptors (Lipinski definition) is 8. The topological polar surface area (TPSA) is 126 Å². The molecule has 0 radical (unpaired) electrons. The third kappa shape index (κ3) is 3.54. The molecular weight excluding hydrogens is 386 g/mol. The van der Waals surface area contributed by atoms with Crippen molar-refractivity contribution in [2.45, 2.75) is 31.0 Å². The molecule has 0 amide bonds. The Morgan fingerprint density at radius 3 is 2.64 bits per heavy atom. The van der Waals surface area contributed by atoms with Crippen LogP contribution in [-0.4, -0.2) is 66.3 Å². The number of aliphatic hydroxyl groups excluding tert-OH is 3. The van der Waals surface area contributed by atoms with Crippen molar-refractivity contribution in [1.82, 2.24) is 19.5 Å². The van der Waals surface area contributed by atoms with Gasteiger partial charge in [-0.25, -0.2) is 4.98 Å². The van der Waals surface area contributed by atoms with Gasteiger partial charge >= 0.3 is 0 Å². The molecule has 0 bridgehead atoms. The van der Waals surface area contributed by atoms with Gasteiger partial charge in [-0.2, -0.15) is 9.97 Å². The third-order valence-corrected chi connectivity index (χ3v) is 4.90. The van der Waals surface area contributed by atoms with Crippen LogP contribution in [0.4, 0.5) is 5.82 Å². The molecule has 148 valence electrons. The minimum atomic E-state index is -1.24. The van der Waals surface area contributed by atoms with Gasteiger partial charge in [-0.1, -0.05) is 30.3 Å². The Balaban J connectivity index is 1.58. The Kier molecular flexibility index (Phi) is 5.42. The van der Waals surface area contributed by atoms with E-state index in [2.05, 4.69) is 20.3 Å². The Hall–Kier alpha value is -2.30. The lowest BCUT2D eigenvalue weighted by Gasteiger charge is -2.16. The zero-order valence-electron chi connectivity index (χ0n) is 14.8. The summed E-state index contributed by atoms with van der Waals surface area (Å²) in [5, 5.41) is 32.8. The van der Waals surface area contributed by atoms with Crippen LogP contribution in [0.3, 0.4) is 0 Å². The minimum absolute atomic E-state index is 0.0169. The molecule has 0 unspecified atom stereocenters. The standard InChI is InChI=1S/C18H20ClN5O4/c19-18-22-15(20-7-6-10-4-2-1-3-5-10)12-16(23-18)24(9-21-12)17-14(27)13(26)11(8-25)28-17/h1-5,9,11,13-14,17,25-27H,6-8H2,(H,20,22,23)/t11-,13-,14-,17-/m1/s1. The Labute approximate surface area is 165 Å². The van der Waals surface area contributed by atoms with Crippen molar-refractivity contribution < 1.29 is 20.1 Å². The maximum atomic E-state index is 10.3. The highest BCUT2D eigenvalue weighted by molar-refractivity contribution is 6.28. The molecule has 3 heterocycles. The normalized spacial score (nSPS) is 24.7. The van der Waals surface area contributed by atoms with Gasteiger partial charge in [0.2, 0.25) is 5.28 Å². The number of aromatic nitrogens is 4. The average molecular weight is 406 g/mol. The molecule has 1 aliphatic heterocycles. The van der Waals surface area contributed by atoms with Crippen LogP contribution in [0.5, 0.6) is 0 Å². The molecule has 4 rings (SSSR count). The fourth-order valence-electron chi connectivity index (χ4n) is 3.28. The highest BCUT2D eigenvalue weighted by atomic mass is 35.5. The quantitative estimate of drug-likeness (QED) is 0.442. The molecule has 28 heavy (non-hydrogen) atoms. The van der Waals surface area contributed by atoms with Crippen molar-refractivity contribution in [2.24, 2.45) is 0 Å². The molecule has 2 aromatic heterocycles. The van der Waals surface area contributed by atoms with Gasteiger partial charge in [0.1, 0.15) is 18.3 Å². The van der Waals surface area contributed by atoms with Gasteiger partial charge < -0.3 is 25.4 Å². The number of imidazole rings is 1. The molecular formula is C18H20ClN5O4. The van der Waals surface area contributed by atoms with Gasteiger partial charge in [-0.05, 0) is 23.6 Å². The zero-order valence-corrected chi connectivity index (χ0v) is 15.6. The second-order valence-corrected chi connectivity index (χ2v) is 6.89. The molecule has 4 N–H and O–H groups in total. The first-order chi connectivity index (χ1) is 13.6. The number of halogens is 1. The van der Waals surface area contributed by atoms with E-state index in [1.54, 1.807) is 0 Å². The summed E-state index contributed by atoms with van der Waals surface area (Å²) in [7, 11) is 0. The molecule has 9 nitrogen and oxygen atoms in total. The maximum absolute atomic E-state index is 10.3. The first kappa shape index (κ1) is 19.0. The SMILES string of the molecule is OC[C@H]1O[C@@H](n2cnc3c(NCCc4ccccc4)nc(Cl)nc32)[C@H](O)[C@@H]1O. The van der Waals surface area contributed by atoms with E-state index in [9.17, 15) is 15.3 Å². The molecule has 1 aliphatic rings. The van der Waals surface area contributed by atoms with Crippen LogP contribution in [0.1, 0.15) is 11.8 Å². The first-order valence-electron chi connectivity index (χ1n) is 8.89. The largest absolute Gasteiger partial charge is 0.394 e. The van der Waals surface area contributed by atoms with E-state index >= 15 is 0 Å². The zero-order chi connectivity index (χ0) is 19.7. The van der Waals surface area contributed by atoms with Crippen molar-refractivity contribution in [3.8, 4) is 0 Å². The number of aliphatic hydroxyl groups is 3. The van der Waals surface area contributed by atoms with Crippen molar-refractivity contribution in [2.75, 3.05) is 18.5 Å². The summed E-state index contributed by atoms with van der Waals surface area (Å²) in [5.74, 6) is 0.469. The summed E-state index contributed by atoms with van der Waals surface area (Å²) in [6.07, 6.45) is -2.05. The number of hydrogen-bond donors (Lipinski definition) is 4. The Morgan fingerprint density at radius 2 is 1.93 bits per heavy atom. The van der Waals surface area contributed by atoms with Gasteiger partial charge in [0.25, 0.3) is 0 Å². The van der Waals surface area contributed by atoms with Crippen LogP contribution in [0.25, 0.3) is 11.2 Å². The van der Waals surface area contributed by atoms with Gasteiger partial charge in [0.15, 0.2) is 23.2 Å². The number of nitrogens with zero attached hydrogens (tertiary/aromatic N) is 4. The first-order valence-corrected chi connectivity index (χ1v) is 9.26. The van der Waals surface area contributed by atoms with Gasteiger partial charge in [0, 0.05) is 6.54 Å². The van der Waals surface area contributed by atoms with Crippen molar-refractivity contribution in [1.29, 1.82) is 0 Å². The molecule has 1 saturated heterocycles. The number of fused-ring (bicyclic) bond motifs is 1. The Bertz CT molecular complexity index is 954. The van der Waals surface area contributed by atoms with Crippen LogP contribution in [-0.2, 0) is 11.2 Å². The average Bonchev–Trinajstić information content (AvgIpc) is 3.24. The summed E-state index contributed by atoms with van der Waals surface area (Å²) >= 11 is 6.08. The van der Waals surface area contributed by atoms with Crippen LogP contribution >= 0.6 is 11.6 Å². The van der Waals surface area contributed by atoms with Crippen LogP contribution in [0, 0.1) is 0 Å². The molecule has 0 aliphatic carbocycles. The van der Waals surface area contributed by atoms with Crippen molar-refractivity contribution >= 4 is 28.6 Å². The third-order valence-electron chi connectivity index (χ3n) is 4.73. The molecule has 3 aromatic rings. The molecule has 1 fully saturated rings. The molecule has 0 saturated carbocycles. The monoisotopic (exact) mass is 405 g/mol. The molecule has 10 heteroatoms.